The van der Waals surface area contributed by atoms with Crippen molar-refractivity contribution in [1.29, 1.82) is 0 Å². The van der Waals surface area contributed by atoms with Gasteiger partial charge in [0.05, 0.1) is 13.0 Å². The van der Waals surface area contributed by atoms with Crippen molar-refractivity contribution in [1.82, 2.24) is 0 Å². The number of halogens is 2. The lowest BCUT2D eigenvalue weighted by Crippen LogP contribution is -2.08. The molecular formula is C10H10BrFO2. The summed E-state index contributed by atoms with van der Waals surface area (Å²) in [6.07, 6.45) is -0.0287. The van der Waals surface area contributed by atoms with Gasteiger partial charge in [0.25, 0.3) is 0 Å². The van der Waals surface area contributed by atoms with E-state index in [0.717, 1.165) is 4.47 Å². The fourth-order valence-electron chi connectivity index (χ4n) is 1.05. The molecule has 1 aromatic carbocycles. The van der Waals surface area contributed by atoms with Crippen LogP contribution < -0.4 is 0 Å². The summed E-state index contributed by atoms with van der Waals surface area (Å²) in [6.45, 7) is 2.03. The van der Waals surface area contributed by atoms with Crippen molar-refractivity contribution < 1.29 is 13.9 Å². The van der Waals surface area contributed by atoms with Crippen molar-refractivity contribution >= 4 is 21.9 Å². The Morgan fingerprint density at radius 1 is 1.57 bits per heavy atom. The highest BCUT2D eigenvalue weighted by Crippen LogP contribution is 2.16. The molecule has 0 unspecified atom stereocenters. The first-order chi connectivity index (χ1) is 6.63. The minimum Gasteiger partial charge on any atom is -0.466 e. The second kappa shape index (κ2) is 5.10. The van der Waals surface area contributed by atoms with Crippen LogP contribution in [-0.4, -0.2) is 12.6 Å². The van der Waals surface area contributed by atoms with Gasteiger partial charge in [-0.15, -0.1) is 0 Å². The molecule has 0 N–H and O–H groups in total. The van der Waals surface area contributed by atoms with E-state index in [0.29, 0.717) is 12.2 Å². The zero-order valence-corrected chi connectivity index (χ0v) is 9.30. The molecule has 0 fully saturated rings. The van der Waals surface area contributed by atoms with E-state index >= 15 is 0 Å². The predicted molar refractivity (Wildman–Crippen MR) is 54.4 cm³/mol. The van der Waals surface area contributed by atoms with E-state index in [1.54, 1.807) is 19.1 Å². The van der Waals surface area contributed by atoms with Crippen LogP contribution in [-0.2, 0) is 16.0 Å². The van der Waals surface area contributed by atoms with Crippen LogP contribution in [0.25, 0.3) is 0 Å². The van der Waals surface area contributed by atoms with Crippen LogP contribution in [0.5, 0.6) is 0 Å². The Kier molecular flexibility index (Phi) is 4.07. The number of ether oxygens (including phenoxy) is 1. The Balaban J connectivity index is 2.75. The summed E-state index contributed by atoms with van der Waals surface area (Å²) in [6, 6.07) is 4.48. The summed E-state index contributed by atoms with van der Waals surface area (Å²) in [7, 11) is 0. The number of benzene rings is 1. The monoisotopic (exact) mass is 260 g/mol. The summed E-state index contributed by atoms with van der Waals surface area (Å²) >= 11 is 3.21. The van der Waals surface area contributed by atoms with Crippen molar-refractivity contribution in [2.45, 2.75) is 13.3 Å². The maximum absolute atomic E-state index is 13.1. The quantitative estimate of drug-likeness (QED) is 0.782. The van der Waals surface area contributed by atoms with Crippen LogP contribution in [0.4, 0.5) is 4.39 Å². The van der Waals surface area contributed by atoms with Gasteiger partial charge in [0.2, 0.25) is 0 Å². The number of carbonyl (C=O) groups excluding carboxylic acids is 1. The zero-order valence-electron chi connectivity index (χ0n) is 7.72. The van der Waals surface area contributed by atoms with Crippen molar-refractivity contribution in [2.75, 3.05) is 6.61 Å². The molecule has 0 aliphatic rings. The van der Waals surface area contributed by atoms with Crippen LogP contribution in [0, 0.1) is 5.82 Å². The molecule has 0 heterocycles. The molecule has 0 saturated carbocycles. The van der Waals surface area contributed by atoms with Crippen LogP contribution in [0.2, 0.25) is 0 Å². The number of esters is 1. The Morgan fingerprint density at radius 2 is 2.29 bits per heavy atom. The fourth-order valence-corrected chi connectivity index (χ4v) is 1.45. The van der Waals surface area contributed by atoms with Gasteiger partial charge in [-0.1, -0.05) is 15.9 Å². The fraction of sp³-hybridized carbons (Fsp3) is 0.300. The highest BCUT2D eigenvalue weighted by Gasteiger charge is 2.08. The molecule has 0 amide bonds. The van der Waals surface area contributed by atoms with Gasteiger partial charge in [-0.3, -0.25) is 4.79 Å². The number of carbonyl (C=O) groups is 1. The summed E-state index contributed by atoms with van der Waals surface area (Å²) in [5.74, 6) is -0.800. The molecule has 0 aromatic heterocycles. The Hall–Kier alpha value is -0.900. The molecule has 0 spiro atoms. The standard InChI is InChI=1S/C10H10BrFO2/c1-2-14-10(13)6-7-5-8(11)3-4-9(7)12/h3-5H,2,6H2,1H3. The lowest BCUT2D eigenvalue weighted by molar-refractivity contribution is -0.142. The first-order valence-corrected chi connectivity index (χ1v) is 5.02. The molecule has 1 rings (SSSR count). The van der Waals surface area contributed by atoms with Gasteiger partial charge in [0, 0.05) is 10.0 Å². The molecule has 0 atom stereocenters. The van der Waals surface area contributed by atoms with Crippen molar-refractivity contribution in [3.8, 4) is 0 Å². The van der Waals surface area contributed by atoms with Crippen LogP contribution >= 0.6 is 15.9 Å². The minimum atomic E-state index is -0.412. The predicted octanol–water partition coefficient (Wildman–Crippen LogP) is 2.69. The third kappa shape index (κ3) is 3.10. The smallest absolute Gasteiger partial charge is 0.310 e. The van der Waals surface area contributed by atoms with E-state index in [1.807, 2.05) is 0 Å². The molecule has 0 bridgehead atoms. The van der Waals surface area contributed by atoms with Gasteiger partial charge in [0.15, 0.2) is 0 Å². The average molecular weight is 261 g/mol. The van der Waals surface area contributed by atoms with E-state index < -0.39 is 5.97 Å². The number of hydrogen-bond donors (Lipinski definition) is 0. The lowest BCUT2D eigenvalue weighted by Gasteiger charge is -2.03. The SMILES string of the molecule is CCOC(=O)Cc1cc(Br)ccc1F. The minimum absolute atomic E-state index is 0.0287. The maximum atomic E-state index is 13.1. The van der Waals surface area contributed by atoms with E-state index in [4.69, 9.17) is 4.74 Å². The topological polar surface area (TPSA) is 26.3 Å². The molecule has 2 nitrogen and oxygen atoms in total. The Morgan fingerprint density at radius 3 is 2.93 bits per heavy atom. The third-order valence-electron chi connectivity index (χ3n) is 1.65. The van der Waals surface area contributed by atoms with Gasteiger partial charge in [-0.2, -0.15) is 0 Å². The molecule has 76 valence electrons. The molecule has 1 aromatic rings. The normalized spacial score (nSPS) is 9.93. The molecular weight excluding hydrogens is 251 g/mol. The second-order valence-corrected chi connectivity index (χ2v) is 3.63. The Bertz CT molecular complexity index is 339. The van der Waals surface area contributed by atoms with E-state index in [9.17, 15) is 9.18 Å². The number of rotatable bonds is 3. The summed E-state index contributed by atoms with van der Waals surface area (Å²) < 4.78 is 18.6. The van der Waals surface area contributed by atoms with Gasteiger partial charge >= 0.3 is 5.97 Å². The highest BCUT2D eigenvalue weighted by atomic mass is 79.9. The first kappa shape index (κ1) is 11.2. The van der Waals surface area contributed by atoms with E-state index in [-0.39, 0.29) is 12.2 Å². The second-order valence-electron chi connectivity index (χ2n) is 2.72. The van der Waals surface area contributed by atoms with Crippen LogP contribution in [0.3, 0.4) is 0 Å². The van der Waals surface area contributed by atoms with E-state index in [1.165, 1.54) is 6.07 Å². The lowest BCUT2D eigenvalue weighted by atomic mass is 10.1. The summed E-state index contributed by atoms with van der Waals surface area (Å²) in [5, 5.41) is 0. The van der Waals surface area contributed by atoms with Crippen molar-refractivity contribution in [3.63, 3.8) is 0 Å². The summed E-state index contributed by atoms with van der Waals surface area (Å²) in [5.41, 5.74) is 0.345. The molecule has 0 radical (unpaired) electrons. The van der Waals surface area contributed by atoms with Crippen LogP contribution in [0.1, 0.15) is 12.5 Å². The molecule has 14 heavy (non-hydrogen) atoms. The molecule has 0 saturated heterocycles. The molecule has 0 aliphatic carbocycles. The van der Waals surface area contributed by atoms with Crippen LogP contribution in [0.15, 0.2) is 22.7 Å². The first-order valence-electron chi connectivity index (χ1n) is 4.23. The van der Waals surface area contributed by atoms with Crippen molar-refractivity contribution in [3.05, 3.63) is 34.1 Å². The third-order valence-corrected chi connectivity index (χ3v) is 2.14. The molecule has 4 heteroatoms. The van der Waals surface area contributed by atoms with Gasteiger partial charge in [-0.05, 0) is 25.1 Å². The summed E-state index contributed by atoms with van der Waals surface area (Å²) in [4.78, 5) is 11.1. The molecule has 0 aliphatic heterocycles. The Labute approximate surface area is 90.2 Å². The number of hydrogen-bond acceptors (Lipinski definition) is 2. The highest BCUT2D eigenvalue weighted by molar-refractivity contribution is 9.10. The van der Waals surface area contributed by atoms with Gasteiger partial charge in [-0.25, -0.2) is 4.39 Å². The van der Waals surface area contributed by atoms with Gasteiger partial charge in [0.1, 0.15) is 5.82 Å². The van der Waals surface area contributed by atoms with Gasteiger partial charge < -0.3 is 4.74 Å². The zero-order chi connectivity index (χ0) is 10.6. The largest absolute Gasteiger partial charge is 0.466 e. The maximum Gasteiger partial charge on any atom is 0.310 e. The average Bonchev–Trinajstić information content (AvgIpc) is 2.12. The van der Waals surface area contributed by atoms with E-state index in [2.05, 4.69) is 15.9 Å². The van der Waals surface area contributed by atoms with Crippen molar-refractivity contribution in [2.24, 2.45) is 0 Å².